The Bertz CT molecular complexity index is 2830. The molecule has 0 spiro atoms. The molecule has 0 aromatic heterocycles. The Kier molecular flexibility index (Phi) is 7.56. The van der Waals surface area contributed by atoms with Crippen LogP contribution >= 0.6 is 0 Å². The van der Waals surface area contributed by atoms with Crippen LogP contribution in [0.4, 0.5) is 17.1 Å². The predicted molar refractivity (Wildman–Crippen MR) is 230 cm³/mol. The monoisotopic (exact) mass is 689 g/mol. The van der Waals surface area contributed by atoms with E-state index in [0.29, 0.717) is 0 Å². The first kappa shape index (κ1) is 32.0. The van der Waals surface area contributed by atoms with Gasteiger partial charge in [-0.3, -0.25) is 0 Å². The van der Waals surface area contributed by atoms with Gasteiger partial charge in [0.2, 0.25) is 0 Å². The molecule has 0 bridgehead atoms. The van der Waals surface area contributed by atoms with Gasteiger partial charge in [-0.2, -0.15) is 0 Å². The van der Waals surface area contributed by atoms with Crippen molar-refractivity contribution in [3.63, 3.8) is 0 Å². The molecule has 1 aliphatic rings. The van der Waals surface area contributed by atoms with E-state index in [0.717, 1.165) is 11.4 Å². The van der Waals surface area contributed by atoms with Crippen LogP contribution in [-0.4, -0.2) is 0 Å². The minimum absolute atomic E-state index is 0.211. The van der Waals surface area contributed by atoms with Crippen LogP contribution in [0.15, 0.2) is 200 Å². The van der Waals surface area contributed by atoms with Crippen molar-refractivity contribution in [3.05, 3.63) is 211 Å². The average Bonchev–Trinajstić information content (AvgIpc) is 3.48. The summed E-state index contributed by atoms with van der Waals surface area (Å²) in [5.74, 6) is 0. The molecule has 1 nitrogen and oxygen atoms in total. The molecule has 0 N–H and O–H groups in total. The van der Waals surface area contributed by atoms with Crippen molar-refractivity contribution in [3.8, 4) is 44.5 Å². The highest BCUT2D eigenvalue weighted by Crippen LogP contribution is 2.56. The molecule has 9 aromatic carbocycles. The summed E-state index contributed by atoms with van der Waals surface area (Å²) in [6, 6.07) is 73.3. The highest BCUT2D eigenvalue weighted by molar-refractivity contribution is 6.07. The van der Waals surface area contributed by atoms with Crippen molar-refractivity contribution >= 4 is 38.6 Å². The van der Waals surface area contributed by atoms with E-state index >= 15 is 0 Å². The Labute approximate surface area is 317 Å². The third-order valence-electron chi connectivity index (χ3n) is 11.4. The average molecular weight is 690 g/mol. The lowest BCUT2D eigenvalue weighted by molar-refractivity contribution is 0.661. The van der Waals surface area contributed by atoms with Crippen LogP contribution in [0.5, 0.6) is 0 Å². The Hall–Kier alpha value is -6.70. The maximum absolute atomic E-state index is 2.48. The van der Waals surface area contributed by atoms with E-state index in [9.17, 15) is 0 Å². The third-order valence-corrected chi connectivity index (χ3v) is 11.4. The zero-order valence-electron chi connectivity index (χ0n) is 30.5. The first-order chi connectivity index (χ1) is 26.6. The van der Waals surface area contributed by atoms with Crippen molar-refractivity contribution in [2.24, 2.45) is 0 Å². The summed E-state index contributed by atoms with van der Waals surface area (Å²) >= 11 is 0. The first-order valence-corrected chi connectivity index (χ1v) is 18.9. The SMILES string of the molecule is CC1(C)c2ccc3ccccc3c2-c2cccc(N(c3ccc(-c4cccc5cccc(-c6ccccc6)c45)cc3)c3cccc(-c4ccccc4)c3)c21. The van der Waals surface area contributed by atoms with Crippen molar-refractivity contribution in [2.75, 3.05) is 4.90 Å². The zero-order chi connectivity index (χ0) is 36.2. The van der Waals surface area contributed by atoms with Gasteiger partial charge in [0.1, 0.15) is 0 Å². The Morgan fingerprint density at radius 3 is 1.70 bits per heavy atom. The highest BCUT2D eigenvalue weighted by Gasteiger charge is 2.39. The summed E-state index contributed by atoms with van der Waals surface area (Å²) < 4.78 is 0. The van der Waals surface area contributed by atoms with E-state index in [2.05, 4.69) is 219 Å². The highest BCUT2D eigenvalue weighted by atomic mass is 15.1. The fraction of sp³-hybridized carbons (Fsp3) is 0.0566. The lowest BCUT2D eigenvalue weighted by Gasteiger charge is -2.32. The summed E-state index contributed by atoms with van der Waals surface area (Å²) in [6.07, 6.45) is 0. The summed E-state index contributed by atoms with van der Waals surface area (Å²) in [5, 5.41) is 5.11. The molecule has 0 atom stereocenters. The Morgan fingerprint density at radius 2 is 0.963 bits per heavy atom. The van der Waals surface area contributed by atoms with E-state index in [-0.39, 0.29) is 5.41 Å². The molecule has 54 heavy (non-hydrogen) atoms. The van der Waals surface area contributed by atoms with Gasteiger partial charge in [0.15, 0.2) is 0 Å². The number of hydrogen-bond donors (Lipinski definition) is 0. The lowest BCUT2D eigenvalue weighted by Crippen LogP contribution is -2.20. The molecule has 0 heterocycles. The second kappa shape index (κ2) is 12.8. The molecule has 0 fully saturated rings. The van der Waals surface area contributed by atoms with E-state index in [1.165, 1.54) is 82.9 Å². The van der Waals surface area contributed by atoms with Gasteiger partial charge in [0, 0.05) is 16.8 Å². The standard InChI is InChI=1S/C53H39N/c1-53(2)48-34-31-38-19-9-10-24-46(38)51(48)47-27-14-28-49(52(47)53)54(43-23-11-22-41(35-43)36-15-5-3-6-16-36)42-32-29-39(30-33-42)45-26-13-21-40-20-12-25-44(50(40)45)37-17-7-4-8-18-37/h3-35H,1-2H3. The zero-order valence-corrected chi connectivity index (χ0v) is 30.5. The number of fused-ring (bicyclic) bond motifs is 6. The number of anilines is 3. The molecule has 0 saturated heterocycles. The minimum Gasteiger partial charge on any atom is -0.310 e. The molecule has 0 unspecified atom stereocenters. The number of benzene rings is 9. The van der Waals surface area contributed by atoms with Gasteiger partial charge in [-0.15, -0.1) is 0 Å². The van der Waals surface area contributed by atoms with Crippen molar-refractivity contribution in [1.29, 1.82) is 0 Å². The second-order valence-corrected chi connectivity index (χ2v) is 14.9. The molecule has 0 aliphatic heterocycles. The van der Waals surface area contributed by atoms with E-state index < -0.39 is 0 Å². The van der Waals surface area contributed by atoms with Crippen LogP contribution in [-0.2, 0) is 5.41 Å². The molecular formula is C53H39N. The molecule has 256 valence electrons. The third kappa shape index (κ3) is 5.16. The van der Waals surface area contributed by atoms with Crippen molar-refractivity contribution in [2.45, 2.75) is 19.3 Å². The number of hydrogen-bond acceptors (Lipinski definition) is 1. The molecular weight excluding hydrogens is 651 g/mol. The second-order valence-electron chi connectivity index (χ2n) is 14.9. The maximum Gasteiger partial charge on any atom is 0.0508 e. The molecule has 0 amide bonds. The topological polar surface area (TPSA) is 3.24 Å². The summed E-state index contributed by atoms with van der Waals surface area (Å²) in [4.78, 5) is 2.48. The maximum atomic E-state index is 2.48. The van der Waals surface area contributed by atoms with Gasteiger partial charge in [-0.25, -0.2) is 0 Å². The largest absolute Gasteiger partial charge is 0.310 e. The van der Waals surface area contributed by atoms with Gasteiger partial charge < -0.3 is 4.90 Å². The molecule has 10 rings (SSSR count). The summed E-state index contributed by atoms with van der Waals surface area (Å²) in [6.45, 7) is 4.78. The molecule has 1 aliphatic carbocycles. The van der Waals surface area contributed by atoms with Crippen molar-refractivity contribution < 1.29 is 0 Å². The number of rotatable bonds is 6. The molecule has 9 aromatic rings. The van der Waals surface area contributed by atoms with Crippen LogP contribution in [0.3, 0.4) is 0 Å². The van der Waals surface area contributed by atoms with Gasteiger partial charge >= 0.3 is 0 Å². The van der Waals surface area contributed by atoms with Crippen LogP contribution < -0.4 is 4.90 Å². The molecule has 0 radical (unpaired) electrons. The fourth-order valence-electron chi connectivity index (χ4n) is 8.92. The van der Waals surface area contributed by atoms with Gasteiger partial charge in [-0.05, 0) is 108 Å². The summed E-state index contributed by atoms with van der Waals surface area (Å²) in [7, 11) is 0. The summed E-state index contributed by atoms with van der Waals surface area (Å²) in [5.41, 5.74) is 16.0. The van der Waals surface area contributed by atoms with Crippen molar-refractivity contribution in [1.82, 2.24) is 0 Å². The van der Waals surface area contributed by atoms with Gasteiger partial charge in [0.25, 0.3) is 0 Å². The number of nitrogens with zero attached hydrogens (tertiary/aromatic N) is 1. The van der Waals surface area contributed by atoms with Gasteiger partial charge in [0.05, 0.1) is 5.69 Å². The Morgan fingerprint density at radius 1 is 0.389 bits per heavy atom. The van der Waals surface area contributed by atoms with E-state index in [4.69, 9.17) is 0 Å². The first-order valence-electron chi connectivity index (χ1n) is 18.9. The smallest absolute Gasteiger partial charge is 0.0508 e. The van der Waals surface area contributed by atoms with E-state index in [1.807, 2.05) is 0 Å². The van der Waals surface area contributed by atoms with Crippen LogP contribution in [0.25, 0.3) is 66.1 Å². The quantitative estimate of drug-likeness (QED) is 0.168. The minimum atomic E-state index is -0.211. The van der Waals surface area contributed by atoms with Crippen LogP contribution in [0, 0.1) is 0 Å². The lowest BCUT2D eigenvalue weighted by atomic mass is 9.81. The Balaban J connectivity index is 1.17. The van der Waals surface area contributed by atoms with Gasteiger partial charge in [-0.1, -0.05) is 184 Å². The van der Waals surface area contributed by atoms with Crippen LogP contribution in [0.1, 0.15) is 25.0 Å². The van der Waals surface area contributed by atoms with E-state index in [1.54, 1.807) is 0 Å². The van der Waals surface area contributed by atoms with Crippen LogP contribution in [0.2, 0.25) is 0 Å². The normalized spacial score (nSPS) is 12.8. The fourth-order valence-corrected chi connectivity index (χ4v) is 8.92. The molecule has 1 heteroatoms. The molecule has 0 saturated carbocycles. The predicted octanol–water partition coefficient (Wildman–Crippen LogP) is 14.8.